The maximum Gasteiger partial charge on any atom is 0.430 e. The summed E-state index contributed by atoms with van der Waals surface area (Å²) in [6, 6.07) is 8.27. The second-order valence-corrected chi connectivity index (χ2v) is 12.8. The number of rotatable bonds is 9. The van der Waals surface area contributed by atoms with Gasteiger partial charge in [0.25, 0.3) is 5.60 Å². The zero-order valence-corrected chi connectivity index (χ0v) is 23.2. The molecule has 0 spiro atoms. The van der Waals surface area contributed by atoms with Crippen molar-refractivity contribution in [3.05, 3.63) is 101 Å². The van der Waals surface area contributed by atoms with Gasteiger partial charge in [-0.05, 0) is 67.6 Å². The lowest BCUT2D eigenvalue weighted by Crippen LogP contribution is -2.55. The zero-order valence-electron chi connectivity index (χ0n) is 22.4. The highest BCUT2D eigenvalue weighted by molar-refractivity contribution is 7.92. The molecule has 0 aliphatic heterocycles. The van der Waals surface area contributed by atoms with Crippen LogP contribution in [0.15, 0.2) is 71.6 Å². The predicted octanol–water partition coefficient (Wildman–Crippen LogP) is 7.28. The summed E-state index contributed by atoms with van der Waals surface area (Å²) in [5.41, 5.74) is -7.75. The van der Waals surface area contributed by atoms with Crippen molar-refractivity contribution in [3.63, 3.8) is 0 Å². The van der Waals surface area contributed by atoms with Crippen LogP contribution in [0.3, 0.4) is 0 Å². The minimum Gasteiger partial charge on any atom is -0.481 e. The molecule has 5 nitrogen and oxygen atoms in total. The Balaban J connectivity index is 1.75. The van der Waals surface area contributed by atoms with Crippen LogP contribution in [-0.4, -0.2) is 36.6 Å². The average molecular weight is 655 g/mol. The number of carbonyl (C=O) groups is 1. The number of benzene rings is 3. The fourth-order valence-electron chi connectivity index (χ4n) is 5.48. The molecule has 0 heterocycles. The number of alkyl halides is 6. The van der Waals surface area contributed by atoms with Gasteiger partial charge in [-0.2, -0.15) is 26.3 Å². The lowest BCUT2D eigenvalue weighted by molar-refractivity contribution is -0.392. The summed E-state index contributed by atoms with van der Waals surface area (Å²) in [6.45, 7) is -1.74. The van der Waals surface area contributed by atoms with E-state index in [1.807, 2.05) is 0 Å². The molecular weight excluding hydrogens is 631 g/mol. The van der Waals surface area contributed by atoms with Crippen LogP contribution in [0.25, 0.3) is 0 Å². The number of halogens is 9. The summed E-state index contributed by atoms with van der Waals surface area (Å²) in [4.78, 5) is 11.3. The molecule has 1 fully saturated rings. The third-order valence-electron chi connectivity index (χ3n) is 7.79. The highest BCUT2D eigenvalue weighted by Gasteiger charge is 2.73. The fourth-order valence-corrected chi connectivity index (χ4v) is 7.64. The van der Waals surface area contributed by atoms with Crippen LogP contribution in [-0.2, 0) is 38.0 Å². The van der Waals surface area contributed by atoms with E-state index in [2.05, 4.69) is 4.74 Å². The highest BCUT2D eigenvalue weighted by atomic mass is 32.2. The SMILES string of the molecule is O=C(O)[C@H]1CC[C@](Cc2ccc(C(OCc3c(F)cccc3F)(C(F)(F)F)C(F)(F)F)cc2)(S(=O)(=O)c2ccc(F)cc2)C1. The van der Waals surface area contributed by atoms with Gasteiger partial charge in [-0.25, -0.2) is 21.6 Å². The van der Waals surface area contributed by atoms with Crippen molar-refractivity contribution in [3.8, 4) is 0 Å². The van der Waals surface area contributed by atoms with Gasteiger partial charge < -0.3 is 9.84 Å². The Morgan fingerprint density at radius 1 is 0.864 bits per heavy atom. The topological polar surface area (TPSA) is 80.7 Å². The van der Waals surface area contributed by atoms with Crippen LogP contribution >= 0.6 is 0 Å². The molecule has 3 aromatic rings. The van der Waals surface area contributed by atoms with Crippen LogP contribution in [0.5, 0.6) is 0 Å². The summed E-state index contributed by atoms with van der Waals surface area (Å²) < 4.78 is 157. The zero-order chi connectivity index (χ0) is 32.7. The molecule has 0 saturated heterocycles. The summed E-state index contributed by atoms with van der Waals surface area (Å²) in [5, 5.41) is 9.51. The molecule has 15 heteroatoms. The number of ether oxygens (including phenoxy) is 1. The Hall–Kier alpha value is -3.59. The first-order valence-electron chi connectivity index (χ1n) is 12.9. The third kappa shape index (κ3) is 5.91. The van der Waals surface area contributed by atoms with Gasteiger partial charge >= 0.3 is 18.3 Å². The Morgan fingerprint density at radius 3 is 1.89 bits per heavy atom. The summed E-state index contributed by atoms with van der Waals surface area (Å²) in [7, 11) is -4.40. The van der Waals surface area contributed by atoms with Crippen molar-refractivity contribution in [2.24, 2.45) is 5.92 Å². The second-order valence-electron chi connectivity index (χ2n) is 10.5. The Labute approximate surface area is 245 Å². The third-order valence-corrected chi connectivity index (χ3v) is 10.3. The van der Waals surface area contributed by atoms with E-state index in [9.17, 15) is 57.8 Å². The van der Waals surface area contributed by atoms with E-state index in [1.165, 1.54) is 0 Å². The molecule has 0 radical (unpaired) electrons. The van der Waals surface area contributed by atoms with Gasteiger partial charge in [0.1, 0.15) is 17.5 Å². The van der Waals surface area contributed by atoms with E-state index in [1.54, 1.807) is 0 Å². The molecule has 1 N–H and O–H groups in total. The van der Waals surface area contributed by atoms with E-state index in [4.69, 9.17) is 0 Å². The van der Waals surface area contributed by atoms with Gasteiger partial charge in [-0.3, -0.25) is 4.79 Å². The predicted molar refractivity (Wildman–Crippen MR) is 136 cm³/mol. The molecule has 44 heavy (non-hydrogen) atoms. The number of carboxylic acids is 1. The minimum atomic E-state index is -6.18. The first-order chi connectivity index (χ1) is 20.3. The Kier molecular flexibility index (Phi) is 8.88. The largest absolute Gasteiger partial charge is 0.481 e. The van der Waals surface area contributed by atoms with E-state index in [0.29, 0.717) is 24.3 Å². The molecule has 4 rings (SSSR count). The smallest absolute Gasteiger partial charge is 0.430 e. The molecule has 0 unspecified atom stereocenters. The van der Waals surface area contributed by atoms with Crippen molar-refractivity contribution in [1.82, 2.24) is 0 Å². The normalized spacial score (nSPS) is 19.7. The van der Waals surface area contributed by atoms with Gasteiger partial charge in [0, 0.05) is 11.1 Å². The maximum absolute atomic E-state index is 14.2. The average Bonchev–Trinajstić information content (AvgIpc) is 3.36. The Morgan fingerprint density at radius 2 is 1.41 bits per heavy atom. The van der Waals surface area contributed by atoms with Gasteiger partial charge in [0.05, 0.1) is 22.2 Å². The van der Waals surface area contributed by atoms with Crippen molar-refractivity contribution in [2.75, 3.05) is 0 Å². The summed E-state index contributed by atoms with van der Waals surface area (Å²) in [6.07, 6.45) is -13.6. The molecule has 1 aliphatic rings. The van der Waals surface area contributed by atoms with Crippen LogP contribution in [0.1, 0.15) is 36.0 Å². The van der Waals surface area contributed by atoms with Crippen molar-refractivity contribution < 1.29 is 62.6 Å². The number of hydrogen-bond acceptors (Lipinski definition) is 4. The molecule has 0 amide bonds. The van der Waals surface area contributed by atoms with Crippen LogP contribution < -0.4 is 0 Å². The van der Waals surface area contributed by atoms with Gasteiger partial charge in [0.2, 0.25) is 0 Å². The van der Waals surface area contributed by atoms with E-state index < -0.39 is 92.5 Å². The number of aliphatic carboxylic acids is 1. The monoisotopic (exact) mass is 654 g/mol. The first kappa shape index (κ1) is 33.3. The molecule has 238 valence electrons. The second kappa shape index (κ2) is 11.7. The number of hydrogen-bond donors (Lipinski definition) is 1. The van der Waals surface area contributed by atoms with Crippen molar-refractivity contribution in [1.29, 1.82) is 0 Å². The number of sulfone groups is 1. The summed E-state index contributed by atoms with van der Waals surface area (Å²) >= 11 is 0. The van der Waals surface area contributed by atoms with Crippen LogP contribution in [0.2, 0.25) is 0 Å². The molecule has 0 bridgehead atoms. The quantitative estimate of drug-likeness (QED) is 0.194. The van der Waals surface area contributed by atoms with Crippen LogP contribution in [0, 0.1) is 23.4 Å². The molecule has 2 atom stereocenters. The molecular formula is C29H23F9O5S. The summed E-state index contributed by atoms with van der Waals surface area (Å²) in [5.74, 6) is -6.01. The highest BCUT2D eigenvalue weighted by Crippen LogP contribution is 2.54. The van der Waals surface area contributed by atoms with E-state index in [-0.39, 0.29) is 23.3 Å². The van der Waals surface area contributed by atoms with Crippen molar-refractivity contribution in [2.45, 2.75) is 59.9 Å². The Bertz CT molecular complexity index is 1580. The molecule has 1 aliphatic carbocycles. The molecule has 0 aromatic heterocycles. The van der Waals surface area contributed by atoms with E-state index in [0.717, 1.165) is 42.5 Å². The fraction of sp³-hybridized carbons (Fsp3) is 0.345. The van der Waals surface area contributed by atoms with Gasteiger partial charge in [0.15, 0.2) is 9.84 Å². The first-order valence-corrected chi connectivity index (χ1v) is 14.4. The minimum absolute atomic E-state index is 0.0520. The van der Waals surface area contributed by atoms with Gasteiger partial charge in [-0.15, -0.1) is 0 Å². The van der Waals surface area contributed by atoms with Gasteiger partial charge in [-0.1, -0.05) is 30.3 Å². The standard InChI is InChI=1S/C29H23F9O5S/c30-20-8-10-21(11-9-20)44(41,42)26(13-12-18(15-26)25(39)40)14-17-4-6-19(7-5-17)27(28(33,34)35,29(36,37)38)43-16-22-23(31)2-1-3-24(22)32/h1-11,18H,12-16H2,(H,39,40)/t18-,26+/m0/s1. The van der Waals surface area contributed by atoms with Crippen molar-refractivity contribution >= 4 is 15.8 Å². The number of carboxylic acid groups (broad SMARTS) is 1. The van der Waals surface area contributed by atoms with E-state index >= 15 is 0 Å². The molecule has 1 saturated carbocycles. The maximum atomic E-state index is 14.2. The molecule has 3 aromatic carbocycles. The lowest BCUT2D eigenvalue weighted by atomic mass is 9.89. The van der Waals surface area contributed by atoms with Crippen LogP contribution in [0.4, 0.5) is 39.5 Å². The lowest BCUT2D eigenvalue weighted by Gasteiger charge is -2.37.